The second-order valence-electron chi connectivity index (χ2n) is 6.67. The summed E-state index contributed by atoms with van der Waals surface area (Å²) in [7, 11) is 0. The second kappa shape index (κ2) is 6.80. The summed E-state index contributed by atoms with van der Waals surface area (Å²) >= 11 is 1.88. The Balaban J connectivity index is 1.69. The zero-order valence-electron chi connectivity index (χ0n) is 13.4. The predicted molar refractivity (Wildman–Crippen MR) is 89.8 cm³/mol. The fourth-order valence-electron chi connectivity index (χ4n) is 4.43. The maximum Gasteiger partial charge on any atom is 0.0661 e. The molecule has 21 heavy (non-hydrogen) atoms. The molecule has 3 heteroatoms. The molecule has 2 fully saturated rings. The Morgan fingerprint density at radius 2 is 2.14 bits per heavy atom. The molecular formula is C18H29NOS. The Morgan fingerprint density at radius 1 is 1.33 bits per heavy atom. The zero-order valence-corrected chi connectivity index (χ0v) is 14.3. The molecule has 2 aliphatic carbocycles. The molecule has 2 aliphatic rings. The summed E-state index contributed by atoms with van der Waals surface area (Å²) in [6.45, 7) is 5.29. The van der Waals surface area contributed by atoms with E-state index in [1.807, 2.05) is 11.3 Å². The van der Waals surface area contributed by atoms with Crippen LogP contribution in [0.1, 0.15) is 69.7 Å². The largest absolute Gasteiger partial charge is 0.378 e. The summed E-state index contributed by atoms with van der Waals surface area (Å²) < 4.78 is 6.07. The lowest BCUT2D eigenvalue weighted by Crippen LogP contribution is -2.64. The van der Waals surface area contributed by atoms with Gasteiger partial charge in [0.1, 0.15) is 0 Å². The van der Waals surface area contributed by atoms with Crippen LogP contribution in [0.2, 0.25) is 0 Å². The molecule has 3 unspecified atom stereocenters. The van der Waals surface area contributed by atoms with Gasteiger partial charge in [-0.1, -0.05) is 32.3 Å². The lowest BCUT2D eigenvalue weighted by molar-refractivity contribution is -0.152. The van der Waals surface area contributed by atoms with Gasteiger partial charge in [0.25, 0.3) is 0 Å². The van der Waals surface area contributed by atoms with Gasteiger partial charge in [0.05, 0.1) is 6.10 Å². The normalized spacial score (nSPS) is 29.2. The third kappa shape index (κ3) is 2.93. The van der Waals surface area contributed by atoms with E-state index >= 15 is 0 Å². The topological polar surface area (TPSA) is 21.3 Å². The maximum atomic E-state index is 6.07. The molecule has 3 rings (SSSR count). The molecular weight excluding hydrogens is 278 g/mol. The van der Waals surface area contributed by atoms with Crippen molar-refractivity contribution in [3.8, 4) is 0 Å². The molecule has 2 nitrogen and oxygen atoms in total. The van der Waals surface area contributed by atoms with E-state index in [-0.39, 0.29) is 0 Å². The first kappa shape index (κ1) is 15.5. The first-order valence-electron chi connectivity index (χ1n) is 8.71. The molecule has 1 aromatic rings. The van der Waals surface area contributed by atoms with E-state index in [9.17, 15) is 0 Å². The lowest BCUT2D eigenvalue weighted by Gasteiger charge is -2.58. The van der Waals surface area contributed by atoms with Crippen LogP contribution in [0.15, 0.2) is 17.5 Å². The lowest BCUT2D eigenvalue weighted by atomic mass is 9.55. The van der Waals surface area contributed by atoms with Crippen molar-refractivity contribution >= 4 is 11.3 Å². The molecule has 2 saturated carbocycles. The van der Waals surface area contributed by atoms with Crippen molar-refractivity contribution in [2.45, 2.75) is 77.0 Å². The molecule has 0 aliphatic heterocycles. The number of rotatable bonds is 6. The summed E-state index contributed by atoms with van der Waals surface area (Å²) in [5, 5.41) is 6.18. The van der Waals surface area contributed by atoms with E-state index in [0.717, 1.165) is 6.61 Å². The number of hydrogen-bond acceptors (Lipinski definition) is 3. The monoisotopic (exact) mass is 307 g/mol. The van der Waals surface area contributed by atoms with E-state index in [0.29, 0.717) is 23.6 Å². The van der Waals surface area contributed by atoms with Crippen LogP contribution in [0.5, 0.6) is 0 Å². The predicted octanol–water partition coefficient (Wildman–Crippen LogP) is 4.92. The van der Waals surface area contributed by atoms with Crippen molar-refractivity contribution in [3.05, 3.63) is 22.4 Å². The third-order valence-electron chi connectivity index (χ3n) is 5.63. The molecule has 0 radical (unpaired) electrons. The highest BCUT2D eigenvalue weighted by molar-refractivity contribution is 7.10. The van der Waals surface area contributed by atoms with Gasteiger partial charge in [0.15, 0.2) is 0 Å². The summed E-state index contributed by atoms with van der Waals surface area (Å²) in [5.74, 6) is 0. The molecule has 1 aromatic heterocycles. The Kier molecular flexibility index (Phi) is 5.03. The highest BCUT2D eigenvalue weighted by atomic mass is 32.1. The Morgan fingerprint density at radius 3 is 2.76 bits per heavy atom. The van der Waals surface area contributed by atoms with E-state index in [1.165, 1.54) is 49.8 Å². The van der Waals surface area contributed by atoms with Crippen LogP contribution in [-0.4, -0.2) is 18.8 Å². The average Bonchev–Trinajstić information content (AvgIpc) is 3.05. The van der Waals surface area contributed by atoms with Gasteiger partial charge in [-0.3, -0.25) is 0 Å². The smallest absolute Gasteiger partial charge is 0.0661 e. The molecule has 0 saturated heterocycles. The first-order valence-corrected chi connectivity index (χ1v) is 9.59. The van der Waals surface area contributed by atoms with Crippen molar-refractivity contribution in [1.29, 1.82) is 0 Å². The molecule has 118 valence electrons. The number of ether oxygens (including phenoxy) is 1. The van der Waals surface area contributed by atoms with Crippen LogP contribution in [-0.2, 0) is 4.74 Å². The number of nitrogens with one attached hydrogen (secondary N) is 1. The Hall–Kier alpha value is -0.380. The maximum absolute atomic E-state index is 6.07. The standard InChI is InChI=1S/C18H29NOS/c1-3-14(15-9-8-12-21-15)19-16-13-17(20-4-2)18(16)10-6-5-7-11-18/h8-9,12,14,16-17,19H,3-7,10-11,13H2,1-2H3. The van der Waals surface area contributed by atoms with Crippen LogP contribution in [0.25, 0.3) is 0 Å². The molecule has 0 aromatic carbocycles. The fourth-order valence-corrected chi connectivity index (χ4v) is 5.30. The molecule has 1 spiro atoms. The number of thiophene rings is 1. The highest BCUT2D eigenvalue weighted by Crippen LogP contribution is 2.54. The minimum absolute atomic E-state index is 0.430. The van der Waals surface area contributed by atoms with Crippen LogP contribution >= 0.6 is 11.3 Å². The fraction of sp³-hybridized carbons (Fsp3) is 0.778. The highest BCUT2D eigenvalue weighted by Gasteiger charge is 2.55. The molecule has 0 bridgehead atoms. The quantitative estimate of drug-likeness (QED) is 0.805. The van der Waals surface area contributed by atoms with Gasteiger partial charge in [0.2, 0.25) is 0 Å². The van der Waals surface area contributed by atoms with Gasteiger partial charge in [-0.15, -0.1) is 11.3 Å². The van der Waals surface area contributed by atoms with Crippen molar-refractivity contribution in [1.82, 2.24) is 5.32 Å². The number of hydrogen-bond donors (Lipinski definition) is 1. The van der Waals surface area contributed by atoms with E-state index in [2.05, 4.69) is 36.7 Å². The summed E-state index contributed by atoms with van der Waals surface area (Å²) in [5.41, 5.74) is 0.430. The third-order valence-corrected chi connectivity index (χ3v) is 6.62. The zero-order chi connectivity index (χ0) is 14.7. The second-order valence-corrected chi connectivity index (χ2v) is 7.65. The van der Waals surface area contributed by atoms with Gasteiger partial charge >= 0.3 is 0 Å². The van der Waals surface area contributed by atoms with Crippen molar-refractivity contribution in [3.63, 3.8) is 0 Å². The van der Waals surface area contributed by atoms with E-state index < -0.39 is 0 Å². The van der Waals surface area contributed by atoms with E-state index in [1.54, 1.807) is 0 Å². The van der Waals surface area contributed by atoms with Gasteiger partial charge in [-0.2, -0.15) is 0 Å². The first-order chi connectivity index (χ1) is 10.3. The van der Waals surface area contributed by atoms with Gasteiger partial charge < -0.3 is 10.1 Å². The van der Waals surface area contributed by atoms with Gasteiger partial charge in [-0.25, -0.2) is 0 Å². The average molecular weight is 308 g/mol. The SMILES string of the molecule is CCOC1CC(NC(CC)c2cccs2)C12CCCCC2. The van der Waals surface area contributed by atoms with Crippen LogP contribution in [0.4, 0.5) is 0 Å². The molecule has 1 N–H and O–H groups in total. The van der Waals surface area contributed by atoms with Gasteiger partial charge in [0, 0.05) is 29.0 Å². The molecule has 3 atom stereocenters. The van der Waals surface area contributed by atoms with E-state index in [4.69, 9.17) is 4.74 Å². The molecule has 1 heterocycles. The van der Waals surface area contributed by atoms with Gasteiger partial charge in [-0.05, 0) is 44.1 Å². The van der Waals surface area contributed by atoms with Crippen LogP contribution in [0.3, 0.4) is 0 Å². The summed E-state index contributed by atoms with van der Waals surface area (Å²) in [6.07, 6.45) is 9.78. The van der Waals surface area contributed by atoms with Crippen molar-refractivity contribution < 1.29 is 4.74 Å². The summed E-state index contributed by atoms with van der Waals surface area (Å²) in [4.78, 5) is 1.49. The molecule has 0 amide bonds. The minimum atomic E-state index is 0.430. The summed E-state index contributed by atoms with van der Waals surface area (Å²) in [6, 6.07) is 5.63. The minimum Gasteiger partial charge on any atom is -0.378 e. The van der Waals surface area contributed by atoms with Crippen molar-refractivity contribution in [2.24, 2.45) is 5.41 Å². The van der Waals surface area contributed by atoms with Crippen LogP contribution in [0, 0.1) is 5.41 Å². The van der Waals surface area contributed by atoms with Crippen LogP contribution < -0.4 is 5.32 Å². The van der Waals surface area contributed by atoms with Crippen molar-refractivity contribution in [2.75, 3.05) is 6.61 Å². The Bertz CT molecular complexity index is 424. The Labute approximate surface area is 133 Å².